The summed E-state index contributed by atoms with van der Waals surface area (Å²) in [5.74, 6) is 0.839. The molecule has 0 atom stereocenters. The highest BCUT2D eigenvalue weighted by atomic mass is 16.3. The molecule has 4 nitrogen and oxygen atoms in total. The molecular formula is C23H30N2O2. The van der Waals surface area contributed by atoms with Crippen molar-refractivity contribution in [1.82, 2.24) is 10.2 Å². The fourth-order valence-corrected chi connectivity index (χ4v) is 3.84. The molecule has 1 aliphatic heterocycles. The second kappa shape index (κ2) is 8.57. The van der Waals surface area contributed by atoms with Gasteiger partial charge in [-0.2, -0.15) is 0 Å². The molecule has 3 rings (SSSR count). The van der Waals surface area contributed by atoms with Gasteiger partial charge in [0.05, 0.1) is 0 Å². The lowest BCUT2D eigenvalue weighted by atomic mass is 9.94. The zero-order valence-corrected chi connectivity index (χ0v) is 16.5. The van der Waals surface area contributed by atoms with Crippen molar-refractivity contribution in [2.24, 2.45) is 0 Å². The molecule has 2 aromatic carbocycles. The van der Waals surface area contributed by atoms with E-state index in [0.29, 0.717) is 17.2 Å². The molecule has 0 unspecified atom stereocenters. The molecule has 4 heteroatoms. The summed E-state index contributed by atoms with van der Waals surface area (Å²) < 4.78 is 0. The Labute approximate surface area is 162 Å². The summed E-state index contributed by atoms with van der Waals surface area (Å²) in [6.07, 6.45) is 1.87. The third kappa shape index (κ3) is 4.89. The van der Waals surface area contributed by atoms with Gasteiger partial charge in [0.25, 0.3) is 5.91 Å². The number of hydrogen-bond acceptors (Lipinski definition) is 3. The molecule has 0 saturated carbocycles. The minimum atomic E-state index is 0.00630. The van der Waals surface area contributed by atoms with Gasteiger partial charge in [-0.1, -0.05) is 38.1 Å². The number of likely N-dealkylation sites (tertiary alicyclic amines) is 1. The van der Waals surface area contributed by atoms with Crippen LogP contribution in [0.15, 0.2) is 42.5 Å². The van der Waals surface area contributed by atoms with E-state index in [4.69, 9.17) is 0 Å². The Morgan fingerprint density at radius 1 is 1.19 bits per heavy atom. The molecule has 0 spiro atoms. The number of aromatic hydroxyl groups is 1. The Hall–Kier alpha value is -2.33. The van der Waals surface area contributed by atoms with Crippen LogP contribution in [0.4, 0.5) is 0 Å². The SMILES string of the molecule is Cc1cc(O)c(CN2CCC(NC(=O)c3ccccc3)CC2)cc1C(C)C. The van der Waals surface area contributed by atoms with Gasteiger partial charge in [-0.15, -0.1) is 0 Å². The highest BCUT2D eigenvalue weighted by molar-refractivity contribution is 5.94. The Morgan fingerprint density at radius 2 is 1.85 bits per heavy atom. The maximum absolute atomic E-state index is 12.3. The van der Waals surface area contributed by atoms with E-state index in [9.17, 15) is 9.90 Å². The van der Waals surface area contributed by atoms with Gasteiger partial charge in [-0.3, -0.25) is 9.69 Å². The predicted molar refractivity (Wildman–Crippen MR) is 109 cm³/mol. The lowest BCUT2D eigenvalue weighted by Crippen LogP contribution is -2.44. The monoisotopic (exact) mass is 366 g/mol. The second-order valence-electron chi connectivity index (χ2n) is 7.88. The Kier molecular flexibility index (Phi) is 6.17. The van der Waals surface area contributed by atoms with Crippen LogP contribution < -0.4 is 5.32 Å². The summed E-state index contributed by atoms with van der Waals surface area (Å²) in [7, 11) is 0. The molecule has 1 heterocycles. The molecule has 1 aliphatic rings. The molecule has 2 aromatic rings. The number of aryl methyl sites for hydroxylation is 1. The summed E-state index contributed by atoms with van der Waals surface area (Å²) >= 11 is 0. The quantitative estimate of drug-likeness (QED) is 0.833. The number of nitrogens with one attached hydrogen (secondary N) is 1. The molecule has 1 fully saturated rings. The number of hydrogen-bond donors (Lipinski definition) is 2. The van der Waals surface area contributed by atoms with Crippen molar-refractivity contribution in [3.05, 3.63) is 64.7 Å². The largest absolute Gasteiger partial charge is 0.508 e. The van der Waals surface area contributed by atoms with Gasteiger partial charge >= 0.3 is 0 Å². The first-order valence-corrected chi connectivity index (χ1v) is 9.84. The lowest BCUT2D eigenvalue weighted by molar-refractivity contribution is 0.0909. The number of phenolic OH excluding ortho intramolecular Hbond substituents is 1. The first kappa shape index (κ1) is 19.4. The number of carbonyl (C=O) groups excluding carboxylic acids is 1. The highest BCUT2D eigenvalue weighted by Gasteiger charge is 2.22. The average Bonchev–Trinajstić information content (AvgIpc) is 2.65. The number of phenols is 1. The first-order valence-electron chi connectivity index (χ1n) is 9.84. The number of benzene rings is 2. The van der Waals surface area contributed by atoms with Gasteiger partial charge in [0.1, 0.15) is 5.75 Å². The number of amides is 1. The van der Waals surface area contributed by atoms with Crippen LogP contribution >= 0.6 is 0 Å². The summed E-state index contributed by atoms with van der Waals surface area (Å²) in [6.45, 7) is 9.02. The number of carbonyl (C=O) groups is 1. The van der Waals surface area contributed by atoms with Crippen molar-refractivity contribution >= 4 is 5.91 Å². The Balaban J connectivity index is 1.55. The summed E-state index contributed by atoms with van der Waals surface area (Å²) in [5, 5.41) is 13.5. The fraction of sp³-hybridized carbons (Fsp3) is 0.435. The van der Waals surface area contributed by atoms with E-state index in [-0.39, 0.29) is 11.9 Å². The maximum Gasteiger partial charge on any atom is 0.251 e. The van der Waals surface area contributed by atoms with Gasteiger partial charge in [0.2, 0.25) is 0 Å². The van der Waals surface area contributed by atoms with Crippen molar-refractivity contribution in [3.63, 3.8) is 0 Å². The first-order chi connectivity index (χ1) is 12.9. The van der Waals surface area contributed by atoms with E-state index in [0.717, 1.165) is 43.6 Å². The van der Waals surface area contributed by atoms with Crippen molar-refractivity contribution in [1.29, 1.82) is 0 Å². The van der Waals surface area contributed by atoms with Gasteiger partial charge in [-0.25, -0.2) is 0 Å². The van der Waals surface area contributed by atoms with Crippen molar-refractivity contribution in [2.75, 3.05) is 13.1 Å². The Morgan fingerprint density at radius 3 is 2.48 bits per heavy atom. The van der Waals surface area contributed by atoms with Gasteiger partial charge < -0.3 is 10.4 Å². The van der Waals surface area contributed by atoms with Crippen LogP contribution in [0, 0.1) is 6.92 Å². The van der Waals surface area contributed by atoms with E-state index in [2.05, 4.69) is 37.1 Å². The van der Waals surface area contributed by atoms with E-state index < -0.39 is 0 Å². The van der Waals surface area contributed by atoms with Crippen LogP contribution in [0.3, 0.4) is 0 Å². The Bertz CT molecular complexity index is 778. The van der Waals surface area contributed by atoms with Crippen LogP contribution in [0.1, 0.15) is 59.7 Å². The summed E-state index contributed by atoms with van der Waals surface area (Å²) in [6, 6.07) is 13.6. The number of rotatable bonds is 5. The van der Waals surface area contributed by atoms with Crippen molar-refractivity contribution in [3.8, 4) is 5.75 Å². The highest BCUT2D eigenvalue weighted by Crippen LogP contribution is 2.28. The van der Waals surface area contributed by atoms with Gasteiger partial charge in [0, 0.05) is 36.8 Å². The molecule has 1 amide bonds. The molecule has 2 N–H and O–H groups in total. The third-order valence-corrected chi connectivity index (χ3v) is 5.44. The van der Waals surface area contributed by atoms with Crippen LogP contribution in [0.25, 0.3) is 0 Å². The molecule has 144 valence electrons. The van der Waals surface area contributed by atoms with Crippen LogP contribution in [-0.2, 0) is 6.54 Å². The zero-order valence-electron chi connectivity index (χ0n) is 16.5. The normalized spacial score (nSPS) is 15.9. The number of piperidine rings is 1. The van der Waals surface area contributed by atoms with Gasteiger partial charge in [0.15, 0.2) is 0 Å². The zero-order chi connectivity index (χ0) is 19.4. The minimum Gasteiger partial charge on any atom is -0.508 e. The van der Waals surface area contributed by atoms with Crippen LogP contribution in [-0.4, -0.2) is 35.0 Å². The number of nitrogens with zero attached hydrogens (tertiary/aromatic N) is 1. The topological polar surface area (TPSA) is 52.6 Å². The van der Waals surface area contributed by atoms with Crippen molar-refractivity contribution < 1.29 is 9.90 Å². The van der Waals surface area contributed by atoms with E-state index >= 15 is 0 Å². The summed E-state index contributed by atoms with van der Waals surface area (Å²) in [4.78, 5) is 14.7. The lowest BCUT2D eigenvalue weighted by Gasteiger charge is -2.32. The molecule has 0 aromatic heterocycles. The average molecular weight is 367 g/mol. The predicted octanol–water partition coefficient (Wildman–Crippen LogP) is 4.22. The van der Waals surface area contributed by atoms with Crippen molar-refractivity contribution in [2.45, 2.75) is 52.1 Å². The smallest absolute Gasteiger partial charge is 0.251 e. The van der Waals surface area contributed by atoms with E-state index in [1.807, 2.05) is 36.4 Å². The maximum atomic E-state index is 12.3. The third-order valence-electron chi connectivity index (χ3n) is 5.44. The summed E-state index contributed by atoms with van der Waals surface area (Å²) in [5.41, 5.74) is 4.16. The molecule has 0 radical (unpaired) electrons. The van der Waals surface area contributed by atoms with Gasteiger partial charge in [-0.05, 0) is 55.0 Å². The van der Waals surface area contributed by atoms with Crippen LogP contribution in [0.5, 0.6) is 5.75 Å². The second-order valence-corrected chi connectivity index (χ2v) is 7.88. The van der Waals surface area contributed by atoms with Crippen LogP contribution in [0.2, 0.25) is 0 Å². The standard InChI is InChI=1S/C23H30N2O2/c1-16(2)21-14-19(22(26)13-17(21)3)15-25-11-9-20(10-12-25)24-23(27)18-7-5-4-6-8-18/h4-8,13-14,16,20,26H,9-12,15H2,1-3H3,(H,24,27). The fourth-order valence-electron chi connectivity index (χ4n) is 3.84. The molecule has 27 heavy (non-hydrogen) atoms. The minimum absolute atomic E-state index is 0.00630. The van der Waals surface area contributed by atoms with E-state index in [1.54, 1.807) is 0 Å². The molecular weight excluding hydrogens is 336 g/mol. The molecule has 1 saturated heterocycles. The molecule has 0 bridgehead atoms. The van der Waals surface area contributed by atoms with E-state index in [1.165, 1.54) is 5.56 Å². The molecule has 0 aliphatic carbocycles.